The predicted molar refractivity (Wildman–Crippen MR) is 81.9 cm³/mol. The smallest absolute Gasteiger partial charge is 0.178 e. The zero-order valence-corrected chi connectivity index (χ0v) is 11.2. The van der Waals surface area contributed by atoms with E-state index < -0.39 is 0 Å². The molecule has 1 aliphatic heterocycles. The number of hydrogen-bond acceptors (Lipinski definition) is 2. The van der Waals surface area contributed by atoms with Gasteiger partial charge in [-0.2, -0.15) is 0 Å². The molecular formula is C15H14N2OS. The number of nitrogens with one attached hydrogen (secondary N) is 1. The molecule has 0 radical (unpaired) electrons. The zero-order chi connectivity index (χ0) is 13.1. The molecule has 3 rings (SSSR count). The fourth-order valence-corrected chi connectivity index (χ4v) is 2.40. The number of rotatable bonds is 1. The van der Waals surface area contributed by atoms with E-state index in [-0.39, 0.29) is 0 Å². The summed E-state index contributed by atoms with van der Waals surface area (Å²) in [5.41, 5.74) is 2.01. The largest absolute Gasteiger partial charge is 0.490 e. The van der Waals surface area contributed by atoms with Gasteiger partial charge in [-0.25, -0.2) is 0 Å². The van der Waals surface area contributed by atoms with Crippen LogP contribution in [0.5, 0.6) is 5.75 Å². The third-order valence-corrected chi connectivity index (χ3v) is 3.32. The molecule has 0 aromatic heterocycles. The van der Waals surface area contributed by atoms with Crippen LogP contribution in [0, 0.1) is 0 Å². The molecule has 0 amide bonds. The van der Waals surface area contributed by atoms with Crippen LogP contribution in [0.4, 0.5) is 11.4 Å². The van der Waals surface area contributed by atoms with Gasteiger partial charge in [-0.1, -0.05) is 30.3 Å². The fraction of sp³-hybridized carbons (Fsp3) is 0.133. The van der Waals surface area contributed by atoms with Crippen molar-refractivity contribution in [2.45, 2.75) is 0 Å². The lowest BCUT2D eigenvalue weighted by molar-refractivity contribution is 0.315. The highest BCUT2D eigenvalue weighted by Gasteiger charge is 2.20. The number of para-hydroxylation sites is 3. The SMILES string of the molecule is S=C(Nc1ccccc1)N1CCOc2ccccc21. The Morgan fingerprint density at radius 3 is 2.63 bits per heavy atom. The first kappa shape index (κ1) is 12.0. The van der Waals surface area contributed by atoms with Crippen LogP contribution < -0.4 is 15.0 Å². The number of benzene rings is 2. The van der Waals surface area contributed by atoms with Crippen molar-refractivity contribution in [1.82, 2.24) is 0 Å². The van der Waals surface area contributed by atoms with Gasteiger partial charge in [0, 0.05) is 5.69 Å². The van der Waals surface area contributed by atoms with Crippen LogP contribution in [0.15, 0.2) is 54.6 Å². The van der Waals surface area contributed by atoms with E-state index >= 15 is 0 Å². The second kappa shape index (κ2) is 5.28. The van der Waals surface area contributed by atoms with E-state index in [1.807, 2.05) is 54.6 Å². The molecule has 3 nitrogen and oxygen atoms in total. The highest BCUT2D eigenvalue weighted by Crippen LogP contribution is 2.31. The average molecular weight is 270 g/mol. The summed E-state index contributed by atoms with van der Waals surface area (Å²) in [6.45, 7) is 1.41. The standard InChI is InChI=1S/C15H14N2OS/c19-15(16-12-6-2-1-3-7-12)17-10-11-18-14-9-5-4-8-13(14)17/h1-9H,10-11H2,(H,16,19). The molecule has 0 saturated carbocycles. The molecule has 96 valence electrons. The summed E-state index contributed by atoms with van der Waals surface area (Å²) in [5, 5.41) is 3.95. The number of ether oxygens (including phenoxy) is 1. The molecule has 1 N–H and O–H groups in total. The van der Waals surface area contributed by atoms with Crippen LogP contribution in [0.1, 0.15) is 0 Å². The van der Waals surface area contributed by atoms with E-state index in [0.717, 1.165) is 23.7 Å². The Hall–Kier alpha value is -2.07. The van der Waals surface area contributed by atoms with Crippen molar-refractivity contribution in [3.05, 3.63) is 54.6 Å². The van der Waals surface area contributed by atoms with Crippen LogP contribution in [-0.4, -0.2) is 18.3 Å². The van der Waals surface area contributed by atoms with Crippen molar-refractivity contribution >= 4 is 28.7 Å². The number of fused-ring (bicyclic) bond motifs is 1. The highest BCUT2D eigenvalue weighted by atomic mass is 32.1. The summed E-state index contributed by atoms with van der Waals surface area (Å²) in [4.78, 5) is 2.07. The number of nitrogens with zero attached hydrogens (tertiary/aromatic N) is 1. The maximum Gasteiger partial charge on any atom is 0.178 e. The summed E-state index contributed by atoms with van der Waals surface area (Å²) in [6.07, 6.45) is 0. The van der Waals surface area contributed by atoms with E-state index in [1.165, 1.54) is 0 Å². The van der Waals surface area contributed by atoms with Gasteiger partial charge in [0.05, 0.1) is 12.2 Å². The van der Waals surface area contributed by atoms with Gasteiger partial charge in [0.25, 0.3) is 0 Å². The molecule has 0 fully saturated rings. The zero-order valence-electron chi connectivity index (χ0n) is 10.4. The van der Waals surface area contributed by atoms with E-state index in [9.17, 15) is 0 Å². The van der Waals surface area contributed by atoms with Gasteiger partial charge in [-0.3, -0.25) is 0 Å². The van der Waals surface area contributed by atoms with E-state index in [4.69, 9.17) is 17.0 Å². The van der Waals surface area contributed by atoms with Crippen LogP contribution in [0.25, 0.3) is 0 Å². The van der Waals surface area contributed by atoms with Crippen molar-refractivity contribution in [2.75, 3.05) is 23.4 Å². The lowest BCUT2D eigenvalue weighted by Gasteiger charge is -2.31. The van der Waals surface area contributed by atoms with Crippen LogP contribution in [-0.2, 0) is 0 Å². The normalized spacial score (nSPS) is 13.4. The van der Waals surface area contributed by atoms with Gasteiger partial charge in [0.15, 0.2) is 5.11 Å². The highest BCUT2D eigenvalue weighted by molar-refractivity contribution is 7.80. The molecular weight excluding hydrogens is 256 g/mol. The van der Waals surface area contributed by atoms with Crippen LogP contribution in [0.2, 0.25) is 0 Å². The summed E-state index contributed by atoms with van der Waals surface area (Å²) in [5.74, 6) is 0.881. The summed E-state index contributed by atoms with van der Waals surface area (Å²) in [6, 6.07) is 17.9. The Labute approximate surface area is 117 Å². The maximum absolute atomic E-state index is 5.62. The van der Waals surface area contributed by atoms with Gasteiger partial charge in [0.1, 0.15) is 12.4 Å². The van der Waals surface area contributed by atoms with Crippen LogP contribution >= 0.6 is 12.2 Å². The number of hydrogen-bond donors (Lipinski definition) is 1. The van der Waals surface area contributed by atoms with E-state index in [0.29, 0.717) is 11.7 Å². The molecule has 2 aromatic rings. The molecule has 19 heavy (non-hydrogen) atoms. The van der Waals surface area contributed by atoms with Crippen molar-refractivity contribution in [3.63, 3.8) is 0 Å². The maximum atomic E-state index is 5.62. The first-order valence-electron chi connectivity index (χ1n) is 6.20. The second-order valence-electron chi connectivity index (χ2n) is 4.26. The minimum absolute atomic E-state index is 0.646. The summed E-state index contributed by atoms with van der Waals surface area (Å²) >= 11 is 5.49. The molecule has 1 heterocycles. The lowest BCUT2D eigenvalue weighted by Crippen LogP contribution is -2.40. The van der Waals surface area contributed by atoms with Gasteiger partial charge in [0.2, 0.25) is 0 Å². The van der Waals surface area contributed by atoms with Gasteiger partial charge in [-0.15, -0.1) is 0 Å². The number of thiocarbonyl (C=S) groups is 1. The molecule has 4 heteroatoms. The predicted octanol–water partition coefficient (Wildman–Crippen LogP) is 3.28. The Morgan fingerprint density at radius 1 is 1.05 bits per heavy atom. The van der Waals surface area contributed by atoms with Gasteiger partial charge in [-0.05, 0) is 36.5 Å². The quantitative estimate of drug-likeness (QED) is 0.804. The Morgan fingerprint density at radius 2 is 1.79 bits per heavy atom. The molecule has 0 bridgehead atoms. The number of anilines is 2. The first-order chi connectivity index (χ1) is 9.34. The molecule has 1 aliphatic rings. The van der Waals surface area contributed by atoms with Gasteiger partial charge < -0.3 is 15.0 Å². The Kier molecular flexibility index (Phi) is 3.33. The minimum Gasteiger partial charge on any atom is -0.490 e. The fourth-order valence-electron chi connectivity index (χ4n) is 2.09. The van der Waals surface area contributed by atoms with E-state index in [1.54, 1.807) is 0 Å². The second-order valence-corrected chi connectivity index (χ2v) is 4.65. The van der Waals surface area contributed by atoms with Crippen molar-refractivity contribution in [3.8, 4) is 5.75 Å². The monoisotopic (exact) mass is 270 g/mol. The third kappa shape index (κ3) is 2.53. The summed E-state index contributed by atoms with van der Waals surface area (Å²) in [7, 11) is 0. The van der Waals surface area contributed by atoms with Crippen molar-refractivity contribution in [1.29, 1.82) is 0 Å². The summed E-state index contributed by atoms with van der Waals surface area (Å²) < 4.78 is 5.62. The molecule has 0 spiro atoms. The van der Waals surface area contributed by atoms with Gasteiger partial charge >= 0.3 is 0 Å². The molecule has 2 aromatic carbocycles. The Bertz CT molecular complexity index is 586. The van der Waals surface area contributed by atoms with Crippen molar-refractivity contribution < 1.29 is 4.74 Å². The van der Waals surface area contributed by atoms with E-state index in [2.05, 4.69) is 10.2 Å². The molecule has 0 saturated heterocycles. The molecule has 0 aliphatic carbocycles. The van der Waals surface area contributed by atoms with Crippen molar-refractivity contribution in [2.24, 2.45) is 0 Å². The topological polar surface area (TPSA) is 24.5 Å². The first-order valence-corrected chi connectivity index (χ1v) is 6.61. The Balaban J connectivity index is 1.82. The third-order valence-electron chi connectivity index (χ3n) is 3.00. The molecule has 0 atom stereocenters. The van der Waals surface area contributed by atoms with Crippen LogP contribution in [0.3, 0.4) is 0 Å². The minimum atomic E-state index is 0.646. The lowest BCUT2D eigenvalue weighted by atomic mass is 10.2. The average Bonchev–Trinajstić information content (AvgIpc) is 2.47. The molecule has 0 unspecified atom stereocenters.